The maximum absolute atomic E-state index is 5.73. The summed E-state index contributed by atoms with van der Waals surface area (Å²) in [6.45, 7) is 12.3. The molecule has 96 valence electrons. The van der Waals surface area contributed by atoms with Crippen molar-refractivity contribution in [3.8, 4) is 5.88 Å². The van der Waals surface area contributed by atoms with E-state index in [1.165, 1.54) is 0 Å². The molecule has 0 amide bonds. The predicted octanol–water partition coefficient (Wildman–Crippen LogP) is 3.00. The molecule has 0 radical (unpaired) electrons. The van der Waals surface area contributed by atoms with E-state index >= 15 is 0 Å². The smallest absolute Gasteiger partial charge is 0.213 e. The summed E-state index contributed by atoms with van der Waals surface area (Å²) in [6.07, 6.45) is 0. The van der Waals surface area contributed by atoms with E-state index in [9.17, 15) is 0 Å². The van der Waals surface area contributed by atoms with Crippen LogP contribution in [0.15, 0.2) is 18.2 Å². The topological polar surface area (TPSA) is 34.1 Å². The molecule has 1 aromatic rings. The second-order valence-corrected chi connectivity index (χ2v) is 5.71. The summed E-state index contributed by atoms with van der Waals surface area (Å²) in [5, 5.41) is 3.37. The van der Waals surface area contributed by atoms with Gasteiger partial charge in [0.25, 0.3) is 0 Å². The Morgan fingerprint density at radius 3 is 2.59 bits per heavy atom. The summed E-state index contributed by atoms with van der Waals surface area (Å²) in [5.74, 6) is 1.35. The summed E-state index contributed by atoms with van der Waals surface area (Å²) in [7, 11) is 0. The van der Waals surface area contributed by atoms with Crippen LogP contribution in [0.25, 0.3) is 0 Å². The van der Waals surface area contributed by atoms with Crippen LogP contribution in [0.1, 0.15) is 40.3 Å². The van der Waals surface area contributed by atoms with Gasteiger partial charge in [0.05, 0.1) is 5.69 Å². The molecular weight excluding hydrogens is 212 g/mol. The standard InChI is InChI=1S/C14H24N2O/c1-11(2)9-15-10-12-7-6-8-13(16-12)17-14(3,4)5/h6-8,11,15H,9-10H2,1-5H3. The molecule has 1 rings (SSSR count). The van der Waals surface area contributed by atoms with Crippen LogP contribution in [0.3, 0.4) is 0 Å². The van der Waals surface area contributed by atoms with E-state index in [0.29, 0.717) is 11.8 Å². The van der Waals surface area contributed by atoms with E-state index < -0.39 is 0 Å². The van der Waals surface area contributed by atoms with Gasteiger partial charge in [-0.2, -0.15) is 0 Å². The Morgan fingerprint density at radius 1 is 1.29 bits per heavy atom. The molecule has 0 bridgehead atoms. The van der Waals surface area contributed by atoms with Gasteiger partial charge in [0, 0.05) is 12.6 Å². The number of nitrogens with one attached hydrogen (secondary N) is 1. The third-order valence-electron chi connectivity index (χ3n) is 2.05. The van der Waals surface area contributed by atoms with E-state index in [4.69, 9.17) is 4.74 Å². The zero-order valence-corrected chi connectivity index (χ0v) is 11.6. The maximum atomic E-state index is 5.73. The zero-order chi connectivity index (χ0) is 12.9. The molecule has 17 heavy (non-hydrogen) atoms. The van der Waals surface area contributed by atoms with Gasteiger partial charge in [0.2, 0.25) is 5.88 Å². The molecule has 3 nitrogen and oxygen atoms in total. The first-order valence-electron chi connectivity index (χ1n) is 6.22. The van der Waals surface area contributed by atoms with Gasteiger partial charge < -0.3 is 10.1 Å². The van der Waals surface area contributed by atoms with Gasteiger partial charge in [-0.15, -0.1) is 0 Å². The number of aromatic nitrogens is 1. The largest absolute Gasteiger partial charge is 0.472 e. The van der Waals surface area contributed by atoms with Crippen LogP contribution in [0.4, 0.5) is 0 Å². The monoisotopic (exact) mass is 236 g/mol. The average molecular weight is 236 g/mol. The highest BCUT2D eigenvalue weighted by Gasteiger charge is 2.12. The second-order valence-electron chi connectivity index (χ2n) is 5.71. The number of hydrogen-bond donors (Lipinski definition) is 1. The molecule has 0 saturated heterocycles. The van der Waals surface area contributed by atoms with Crippen LogP contribution in [-0.4, -0.2) is 17.1 Å². The molecule has 1 N–H and O–H groups in total. The number of ether oxygens (including phenoxy) is 1. The first-order chi connectivity index (χ1) is 7.87. The minimum Gasteiger partial charge on any atom is -0.472 e. The zero-order valence-electron chi connectivity index (χ0n) is 11.6. The van der Waals surface area contributed by atoms with Gasteiger partial charge in [-0.05, 0) is 39.3 Å². The van der Waals surface area contributed by atoms with E-state index in [1.807, 2.05) is 39.0 Å². The molecule has 0 fully saturated rings. The van der Waals surface area contributed by atoms with Gasteiger partial charge in [-0.3, -0.25) is 0 Å². The van der Waals surface area contributed by atoms with Crippen LogP contribution in [0.5, 0.6) is 5.88 Å². The van der Waals surface area contributed by atoms with E-state index in [-0.39, 0.29) is 5.60 Å². The molecular formula is C14H24N2O. The Hall–Kier alpha value is -1.09. The fraction of sp³-hybridized carbons (Fsp3) is 0.643. The lowest BCUT2D eigenvalue weighted by Gasteiger charge is -2.20. The summed E-state index contributed by atoms with van der Waals surface area (Å²) in [6, 6.07) is 5.90. The van der Waals surface area contributed by atoms with Crippen LogP contribution < -0.4 is 10.1 Å². The minimum atomic E-state index is -0.197. The average Bonchev–Trinajstić information content (AvgIpc) is 2.14. The third kappa shape index (κ3) is 6.27. The SMILES string of the molecule is CC(C)CNCc1cccc(OC(C)(C)C)n1. The van der Waals surface area contributed by atoms with Crippen LogP contribution in [0, 0.1) is 5.92 Å². The van der Waals surface area contributed by atoms with Crippen LogP contribution >= 0.6 is 0 Å². The van der Waals surface area contributed by atoms with Crippen molar-refractivity contribution < 1.29 is 4.74 Å². The Labute approximate surface area is 105 Å². The van der Waals surface area contributed by atoms with E-state index in [2.05, 4.69) is 24.1 Å². The highest BCUT2D eigenvalue weighted by Crippen LogP contribution is 2.15. The normalized spacial score (nSPS) is 11.9. The maximum Gasteiger partial charge on any atom is 0.213 e. The number of hydrogen-bond acceptors (Lipinski definition) is 3. The summed E-state index contributed by atoms with van der Waals surface area (Å²) < 4.78 is 5.73. The van der Waals surface area contributed by atoms with Crippen LogP contribution in [-0.2, 0) is 6.54 Å². The minimum absolute atomic E-state index is 0.197. The van der Waals surface area contributed by atoms with Crippen molar-refractivity contribution in [2.45, 2.75) is 46.8 Å². The molecule has 0 aliphatic rings. The van der Waals surface area contributed by atoms with Gasteiger partial charge in [0.15, 0.2) is 0 Å². The summed E-state index contributed by atoms with van der Waals surface area (Å²) in [4.78, 5) is 4.47. The van der Waals surface area contributed by atoms with Crippen molar-refractivity contribution in [3.05, 3.63) is 23.9 Å². The molecule has 0 spiro atoms. The van der Waals surface area contributed by atoms with Crippen molar-refractivity contribution in [3.63, 3.8) is 0 Å². The van der Waals surface area contributed by atoms with Crippen molar-refractivity contribution in [1.29, 1.82) is 0 Å². The number of nitrogens with zero attached hydrogens (tertiary/aromatic N) is 1. The molecule has 0 aliphatic carbocycles. The first kappa shape index (κ1) is 14.0. The van der Waals surface area contributed by atoms with Gasteiger partial charge in [-0.1, -0.05) is 19.9 Å². The Morgan fingerprint density at radius 2 is 2.00 bits per heavy atom. The van der Waals surface area contributed by atoms with E-state index in [0.717, 1.165) is 18.8 Å². The van der Waals surface area contributed by atoms with Crippen molar-refractivity contribution in [2.24, 2.45) is 5.92 Å². The fourth-order valence-corrected chi connectivity index (χ4v) is 1.42. The molecule has 0 saturated carbocycles. The Balaban J connectivity index is 2.54. The second kappa shape index (κ2) is 6.01. The molecule has 0 unspecified atom stereocenters. The number of rotatable bonds is 5. The summed E-state index contributed by atoms with van der Waals surface area (Å²) >= 11 is 0. The van der Waals surface area contributed by atoms with Crippen LogP contribution in [0.2, 0.25) is 0 Å². The third-order valence-corrected chi connectivity index (χ3v) is 2.05. The molecule has 1 heterocycles. The number of pyridine rings is 1. The highest BCUT2D eigenvalue weighted by atomic mass is 16.5. The molecule has 1 aromatic heterocycles. The Bertz CT molecular complexity index is 342. The lowest BCUT2D eigenvalue weighted by atomic mass is 10.2. The van der Waals surface area contributed by atoms with Gasteiger partial charge in [0.1, 0.15) is 5.60 Å². The first-order valence-corrected chi connectivity index (χ1v) is 6.22. The van der Waals surface area contributed by atoms with E-state index in [1.54, 1.807) is 0 Å². The van der Waals surface area contributed by atoms with Crippen molar-refractivity contribution in [2.75, 3.05) is 6.54 Å². The van der Waals surface area contributed by atoms with Crippen molar-refractivity contribution >= 4 is 0 Å². The molecule has 3 heteroatoms. The Kier molecular flexibility index (Phi) is 4.94. The molecule has 0 aromatic carbocycles. The van der Waals surface area contributed by atoms with Crippen molar-refractivity contribution in [1.82, 2.24) is 10.3 Å². The quantitative estimate of drug-likeness (QED) is 0.853. The molecule has 0 aliphatic heterocycles. The fourth-order valence-electron chi connectivity index (χ4n) is 1.42. The lowest BCUT2D eigenvalue weighted by molar-refractivity contribution is 0.124. The van der Waals surface area contributed by atoms with Gasteiger partial charge >= 0.3 is 0 Å². The lowest BCUT2D eigenvalue weighted by Crippen LogP contribution is -2.24. The predicted molar refractivity (Wildman–Crippen MR) is 71.2 cm³/mol. The highest BCUT2D eigenvalue weighted by molar-refractivity contribution is 5.16. The summed E-state index contributed by atoms with van der Waals surface area (Å²) in [5.41, 5.74) is 0.823. The van der Waals surface area contributed by atoms with Gasteiger partial charge in [-0.25, -0.2) is 4.98 Å². The molecule has 0 atom stereocenters.